The first-order chi connectivity index (χ1) is 10.1. The molecule has 0 bridgehead atoms. The van der Waals surface area contributed by atoms with Crippen LogP contribution in [0.5, 0.6) is 0 Å². The Morgan fingerprint density at radius 2 is 1.86 bits per heavy atom. The van der Waals surface area contributed by atoms with Crippen molar-refractivity contribution in [1.82, 2.24) is 10.1 Å². The zero-order valence-corrected chi connectivity index (χ0v) is 12.2. The van der Waals surface area contributed by atoms with E-state index in [2.05, 4.69) is 5.16 Å². The summed E-state index contributed by atoms with van der Waals surface area (Å²) < 4.78 is 10.9. The van der Waals surface area contributed by atoms with Gasteiger partial charge in [-0.3, -0.25) is 4.79 Å². The molecule has 1 amide bonds. The van der Waals surface area contributed by atoms with Gasteiger partial charge in [0.05, 0.1) is 12.2 Å². The molecule has 1 aliphatic heterocycles. The molecule has 0 saturated carbocycles. The third kappa shape index (κ3) is 2.97. The highest BCUT2D eigenvalue weighted by molar-refractivity contribution is 5.93. The molecule has 2 atom stereocenters. The van der Waals surface area contributed by atoms with Gasteiger partial charge in [0.15, 0.2) is 11.5 Å². The van der Waals surface area contributed by atoms with Crippen molar-refractivity contribution in [3.8, 4) is 11.3 Å². The molecule has 3 rings (SSSR count). The van der Waals surface area contributed by atoms with Gasteiger partial charge in [-0.15, -0.1) is 0 Å². The van der Waals surface area contributed by atoms with Crippen LogP contribution in [-0.4, -0.2) is 41.3 Å². The van der Waals surface area contributed by atoms with Crippen molar-refractivity contribution in [2.45, 2.75) is 26.1 Å². The summed E-state index contributed by atoms with van der Waals surface area (Å²) in [5.74, 6) is 0.497. The highest BCUT2D eigenvalue weighted by Gasteiger charge is 2.28. The molecule has 5 nitrogen and oxygen atoms in total. The van der Waals surface area contributed by atoms with Crippen LogP contribution in [-0.2, 0) is 4.74 Å². The molecule has 2 unspecified atom stereocenters. The first-order valence-electron chi connectivity index (χ1n) is 7.10. The van der Waals surface area contributed by atoms with Gasteiger partial charge in [0.2, 0.25) is 0 Å². The monoisotopic (exact) mass is 286 g/mol. The largest absolute Gasteiger partial charge is 0.372 e. The molecule has 1 aromatic heterocycles. The Hall–Kier alpha value is -2.14. The number of rotatable bonds is 2. The van der Waals surface area contributed by atoms with E-state index in [0.717, 1.165) is 5.56 Å². The van der Waals surface area contributed by atoms with Crippen LogP contribution in [0.2, 0.25) is 0 Å². The lowest BCUT2D eigenvalue weighted by molar-refractivity contribution is -0.0588. The van der Waals surface area contributed by atoms with E-state index in [4.69, 9.17) is 9.26 Å². The molecule has 0 radical (unpaired) electrons. The van der Waals surface area contributed by atoms with E-state index in [0.29, 0.717) is 24.5 Å². The number of carbonyl (C=O) groups excluding carboxylic acids is 1. The van der Waals surface area contributed by atoms with Gasteiger partial charge in [-0.2, -0.15) is 0 Å². The number of amides is 1. The molecule has 21 heavy (non-hydrogen) atoms. The maximum Gasteiger partial charge on any atom is 0.276 e. The van der Waals surface area contributed by atoms with Gasteiger partial charge in [-0.05, 0) is 13.8 Å². The molecule has 2 aromatic rings. The second-order valence-corrected chi connectivity index (χ2v) is 5.41. The number of nitrogens with zero attached hydrogens (tertiary/aromatic N) is 2. The van der Waals surface area contributed by atoms with Crippen molar-refractivity contribution in [3.63, 3.8) is 0 Å². The average molecular weight is 286 g/mol. The second-order valence-electron chi connectivity index (χ2n) is 5.41. The van der Waals surface area contributed by atoms with E-state index >= 15 is 0 Å². The van der Waals surface area contributed by atoms with Crippen LogP contribution in [0.15, 0.2) is 40.9 Å². The third-order valence-corrected chi connectivity index (χ3v) is 3.49. The Balaban J connectivity index is 1.78. The minimum Gasteiger partial charge on any atom is -0.372 e. The number of hydrogen-bond acceptors (Lipinski definition) is 4. The van der Waals surface area contributed by atoms with E-state index in [-0.39, 0.29) is 18.1 Å². The van der Waals surface area contributed by atoms with E-state index < -0.39 is 0 Å². The van der Waals surface area contributed by atoms with Crippen molar-refractivity contribution >= 4 is 5.91 Å². The Morgan fingerprint density at radius 1 is 1.19 bits per heavy atom. The maximum absolute atomic E-state index is 12.5. The molecule has 1 aromatic carbocycles. The first-order valence-corrected chi connectivity index (χ1v) is 7.10. The molecule has 0 spiro atoms. The standard InChI is InChI=1S/C16H18N2O3/c1-11-9-18(10-12(2)20-11)16(19)14-8-15(21-17-14)13-6-4-3-5-7-13/h3-8,11-12H,9-10H2,1-2H3. The Kier molecular flexibility index (Phi) is 3.75. The van der Waals surface area contributed by atoms with E-state index in [1.807, 2.05) is 44.2 Å². The van der Waals surface area contributed by atoms with Gasteiger partial charge >= 0.3 is 0 Å². The smallest absolute Gasteiger partial charge is 0.276 e. The van der Waals surface area contributed by atoms with Gasteiger partial charge in [0, 0.05) is 24.7 Å². The molecular formula is C16H18N2O3. The number of ether oxygens (including phenoxy) is 1. The minimum absolute atomic E-state index is 0.0400. The van der Waals surface area contributed by atoms with E-state index in [1.54, 1.807) is 11.0 Å². The van der Waals surface area contributed by atoms with Gasteiger partial charge in [-0.1, -0.05) is 35.5 Å². The number of hydrogen-bond donors (Lipinski definition) is 0. The first kappa shape index (κ1) is 13.8. The summed E-state index contributed by atoms with van der Waals surface area (Å²) in [5.41, 5.74) is 1.25. The molecule has 110 valence electrons. The fourth-order valence-electron chi connectivity index (χ4n) is 2.62. The van der Waals surface area contributed by atoms with Gasteiger partial charge < -0.3 is 14.2 Å². The summed E-state index contributed by atoms with van der Waals surface area (Å²) >= 11 is 0. The summed E-state index contributed by atoms with van der Waals surface area (Å²) in [6.07, 6.45) is 0.0800. The zero-order chi connectivity index (χ0) is 14.8. The zero-order valence-electron chi connectivity index (χ0n) is 12.2. The highest BCUT2D eigenvalue weighted by Crippen LogP contribution is 2.21. The maximum atomic E-state index is 12.5. The van der Waals surface area contributed by atoms with Crippen molar-refractivity contribution in [3.05, 3.63) is 42.1 Å². The molecule has 0 N–H and O–H groups in total. The Bertz CT molecular complexity index is 613. The van der Waals surface area contributed by atoms with Crippen molar-refractivity contribution in [2.75, 3.05) is 13.1 Å². The molecule has 1 fully saturated rings. The molecule has 1 aliphatic rings. The van der Waals surface area contributed by atoms with Crippen LogP contribution < -0.4 is 0 Å². The number of morpholine rings is 1. The molecule has 0 aliphatic carbocycles. The fraction of sp³-hybridized carbons (Fsp3) is 0.375. The van der Waals surface area contributed by atoms with Crippen LogP contribution in [0.1, 0.15) is 24.3 Å². The lowest BCUT2D eigenvalue weighted by atomic mass is 10.1. The van der Waals surface area contributed by atoms with Gasteiger partial charge in [0.1, 0.15) is 0 Å². The SMILES string of the molecule is CC1CN(C(=O)c2cc(-c3ccccc3)on2)CC(C)O1. The third-order valence-electron chi connectivity index (χ3n) is 3.49. The summed E-state index contributed by atoms with van der Waals surface area (Å²) in [4.78, 5) is 14.3. The summed E-state index contributed by atoms with van der Waals surface area (Å²) in [7, 11) is 0. The predicted molar refractivity (Wildman–Crippen MR) is 77.9 cm³/mol. The predicted octanol–water partition coefficient (Wildman–Crippen LogP) is 2.59. The molecule has 5 heteroatoms. The lowest BCUT2D eigenvalue weighted by Crippen LogP contribution is -2.48. The topological polar surface area (TPSA) is 55.6 Å². The van der Waals surface area contributed by atoms with Crippen LogP contribution in [0, 0.1) is 0 Å². The van der Waals surface area contributed by atoms with Crippen molar-refractivity contribution in [2.24, 2.45) is 0 Å². The summed E-state index contributed by atoms with van der Waals surface area (Å²) in [6, 6.07) is 11.3. The Morgan fingerprint density at radius 3 is 2.52 bits per heavy atom. The number of benzene rings is 1. The highest BCUT2D eigenvalue weighted by atomic mass is 16.5. The number of carbonyl (C=O) groups is 1. The van der Waals surface area contributed by atoms with Gasteiger partial charge in [0.25, 0.3) is 5.91 Å². The Labute approximate surface area is 123 Å². The average Bonchev–Trinajstić information content (AvgIpc) is 2.96. The van der Waals surface area contributed by atoms with E-state index in [9.17, 15) is 4.79 Å². The summed E-state index contributed by atoms with van der Waals surface area (Å²) in [6.45, 7) is 5.09. The summed E-state index contributed by atoms with van der Waals surface area (Å²) in [5, 5.41) is 3.91. The van der Waals surface area contributed by atoms with Crippen molar-refractivity contribution in [1.29, 1.82) is 0 Å². The van der Waals surface area contributed by atoms with Crippen LogP contribution in [0.4, 0.5) is 0 Å². The van der Waals surface area contributed by atoms with E-state index in [1.165, 1.54) is 0 Å². The van der Waals surface area contributed by atoms with Crippen LogP contribution >= 0.6 is 0 Å². The van der Waals surface area contributed by atoms with Gasteiger partial charge in [-0.25, -0.2) is 0 Å². The molecule has 2 heterocycles. The van der Waals surface area contributed by atoms with Crippen LogP contribution in [0.25, 0.3) is 11.3 Å². The second kappa shape index (κ2) is 5.69. The lowest BCUT2D eigenvalue weighted by Gasteiger charge is -2.34. The minimum atomic E-state index is -0.108. The van der Waals surface area contributed by atoms with Crippen LogP contribution in [0.3, 0.4) is 0 Å². The normalized spacial score (nSPS) is 22.3. The number of aromatic nitrogens is 1. The van der Waals surface area contributed by atoms with Crippen molar-refractivity contribution < 1.29 is 14.1 Å². The fourth-order valence-corrected chi connectivity index (χ4v) is 2.62. The molecule has 1 saturated heterocycles. The quantitative estimate of drug-likeness (QED) is 0.851. The molecular weight excluding hydrogens is 268 g/mol.